The Morgan fingerprint density at radius 2 is 1.77 bits per heavy atom. The topological polar surface area (TPSA) is 125 Å². The second-order valence-electron chi connectivity index (χ2n) is 5.59. The number of nitrogens with two attached hydrogens (primary N) is 1. The van der Waals surface area contributed by atoms with Gasteiger partial charge in [-0.2, -0.15) is 0 Å². The number of aromatic hydroxyl groups is 2. The number of benzene rings is 1. The lowest BCUT2D eigenvalue weighted by Gasteiger charge is -2.26. The number of imide groups is 1. The van der Waals surface area contributed by atoms with Crippen LogP contribution in [0.1, 0.15) is 20.8 Å². The molecule has 1 rings (SSSR count). The van der Waals surface area contributed by atoms with Gasteiger partial charge in [-0.1, -0.05) is 0 Å². The number of carbonyl (C=O) groups is 2. The molecule has 5 N–H and O–H groups in total. The fourth-order valence-corrected chi connectivity index (χ4v) is 1.58. The second-order valence-corrected chi connectivity index (χ2v) is 5.59. The molecule has 1 aromatic rings. The van der Waals surface area contributed by atoms with Crippen LogP contribution >= 0.6 is 0 Å². The smallest absolute Gasteiger partial charge is 0.418 e. The molecule has 0 saturated carbocycles. The molecule has 8 nitrogen and oxygen atoms in total. The van der Waals surface area contributed by atoms with Crippen LogP contribution in [-0.2, 0) is 4.74 Å². The number of hydrogen-bond donors (Lipinski definition) is 4. The van der Waals surface area contributed by atoms with E-state index in [-0.39, 0.29) is 30.3 Å². The van der Waals surface area contributed by atoms with Crippen LogP contribution in [-0.4, -0.2) is 45.9 Å². The molecule has 0 aliphatic rings. The molecule has 22 heavy (non-hydrogen) atoms. The van der Waals surface area contributed by atoms with Crippen molar-refractivity contribution in [3.05, 3.63) is 18.2 Å². The van der Waals surface area contributed by atoms with Crippen molar-refractivity contribution in [3.63, 3.8) is 0 Å². The van der Waals surface area contributed by atoms with Crippen molar-refractivity contribution < 1.29 is 24.5 Å². The monoisotopic (exact) mass is 311 g/mol. The van der Waals surface area contributed by atoms with Gasteiger partial charge in [-0.25, -0.2) is 14.5 Å². The first-order valence-electron chi connectivity index (χ1n) is 6.67. The first kappa shape index (κ1) is 17.6. The number of nitrogens with one attached hydrogen (secondary N) is 1. The fourth-order valence-electron chi connectivity index (χ4n) is 1.58. The molecule has 0 aliphatic carbocycles. The SMILES string of the molecule is CC(C)(C)OC(=O)N(CCN)C(=O)Nc1cc(O)cc(O)c1. The number of carbonyl (C=O) groups excluding carboxylic acids is 2. The van der Waals surface area contributed by atoms with Crippen molar-refractivity contribution in [1.29, 1.82) is 0 Å². The van der Waals surface area contributed by atoms with Gasteiger partial charge in [0.05, 0.1) is 0 Å². The fraction of sp³-hybridized carbons (Fsp3) is 0.429. The molecular formula is C14H21N3O5. The van der Waals surface area contributed by atoms with Crippen molar-refractivity contribution in [2.75, 3.05) is 18.4 Å². The summed E-state index contributed by atoms with van der Waals surface area (Å²) >= 11 is 0. The molecule has 0 heterocycles. The van der Waals surface area contributed by atoms with Gasteiger partial charge in [0.15, 0.2) is 0 Å². The zero-order valence-corrected chi connectivity index (χ0v) is 12.8. The standard InChI is InChI=1S/C14H21N3O5/c1-14(2,3)22-13(21)17(5-4-15)12(20)16-9-6-10(18)8-11(19)7-9/h6-8,18-19H,4-5,15H2,1-3H3,(H,16,20). The lowest BCUT2D eigenvalue weighted by atomic mass is 10.2. The molecule has 1 aromatic carbocycles. The summed E-state index contributed by atoms with van der Waals surface area (Å²) in [6, 6.07) is 2.80. The number of anilines is 1. The van der Waals surface area contributed by atoms with Crippen molar-refractivity contribution >= 4 is 17.8 Å². The number of urea groups is 1. The van der Waals surface area contributed by atoms with Gasteiger partial charge in [-0.05, 0) is 20.8 Å². The summed E-state index contributed by atoms with van der Waals surface area (Å²) in [7, 11) is 0. The third-order valence-corrected chi connectivity index (χ3v) is 2.37. The average molecular weight is 311 g/mol. The van der Waals surface area contributed by atoms with E-state index in [9.17, 15) is 19.8 Å². The number of phenols is 2. The second kappa shape index (κ2) is 6.99. The maximum absolute atomic E-state index is 12.1. The van der Waals surface area contributed by atoms with Crippen molar-refractivity contribution in [3.8, 4) is 11.5 Å². The lowest BCUT2D eigenvalue weighted by Crippen LogP contribution is -2.45. The summed E-state index contributed by atoms with van der Waals surface area (Å²) in [4.78, 5) is 25.0. The molecule has 0 unspecified atom stereocenters. The molecule has 8 heteroatoms. The Balaban J connectivity index is 2.86. The van der Waals surface area contributed by atoms with Gasteiger partial charge in [0.2, 0.25) is 0 Å². The highest BCUT2D eigenvalue weighted by atomic mass is 16.6. The van der Waals surface area contributed by atoms with Gasteiger partial charge in [-0.3, -0.25) is 0 Å². The minimum Gasteiger partial charge on any atom is -0.508 e. The molecule has 122 valence electrons. The maximum Gasteiger partial charge on any atom is 0.418 e. The van der Waals surface area contributed by atoms with Crippen LogP contribution in [0.3, 0.4) is 0 Å². The Morgan fingerprint density at radius 3 is 2.23 bits per heavy atom. The predicted molar refractivity (Wildman–Crippen MR) is 80.8 cm³/mol. The van der Waals surface area contributed by atoms with E-state index in [2.05, 4.69) is 5.32 Å². The van der Waals surface area contributed by atoms with Crippen LogP contribution < -0.4 is 11.1 Å². The third-order valence-electron chi connectivity index (χ3n) is 2.37. The molecule has 0 atom stereocenters. The van der Waals surface area contributed by atoms with E-state index in [4.69, 9.17) is 10.5 Å². The Morgan fingerprint density at radius 1 is 1.23 bits per heavy atom. The van der Waals surface area contributed by atoms with Crippen molar-refractivity contribution in [2.45, 2.75) is 26.4 Å². The lowest BCUT2D eigenvalue weighted by molar-refractivity contribution is 0.0337. The number of hydrogen-bond acceptors (Lipinski definition) is 6. The number of nitrogens with zero attached hydrogens (tertiary/aromatic N) is 1. The zero-order valence-electron chi connectivity index (χ0n) is 12.8. The van der Waals surface area contributed by atoms with Gasteiger partial charge in [0.25, 0.3) is 0 Å². The van der Waals surface area contributed by atoms with Gasteiger partial charge >= 0.3 is 12.1 Å². The molecule has 0 aromatic heterocycles. The summed E-state index contributed by atoms with van der Waals surface area (Å²) in [6.45, 7) is 5.06. The summed E-state index contributed by atoms with van der Waals surface area (Å²) in [5.41, 5.74) is 4.78. The van der Waals surface area contributed by atoms with E-state index >= 15 is 0 Å². The molecule has 0 aliphatic heterocycles. The number of phenolic OH excluding ortho intramolecular Hbond substituents is 2. The molecule has 0 bridgehead atoms. The van der Waals surface area contributed by atoms with E-state index in [1.807, 2.05) is 0 Å². The number of ether oxygens (including phenoxy) is 1. The van der Waals surface area contributed by atoms with E-state index < -0.39 is 17.7 Å². The quantitative estimate of drug-likeness (QED) is 0.675. The number of rotatable bonds is 3. The minimum atomic E-state index is -0.833. The zero-order chi connectivity index (χ0) is 16.9. The third kappa shape index (κ3) is 5.49. The Kier molecular flexibility index (Phi) is 5.58. The van der Waals surface area contributed by atoms with Gasteiger partial charge in [0, 0.05) is 37.0 Å². The van der Waals surface area contributed by atoms with Crippen molar-refractivity contribution in [2.24, 2.45) is 5.73 Å². The van der Waals surface area contributed by atoms with Crippen molar-refractivity contribution in [1.82, 2.24) is 4.90 Å². The van der Waals surface area contributed by atoms with Crippen LogP contribution in [0.2, 0.25) is 0 Å². The van der Waals surface area contributed by atoms with Gasteiger partial charge in [0.1, 0.15) is 17.1 Å². The Hall–Kier alpha value is -2.48. The minimum absolute atomic E-state index is 0.0362. The molecular weight excluding hydrogens is 290 g/mol. The number of amides is 3. The highest BCUT2D eigenvalue weighted by molar-refractivity contribution is 5.99. The van der Waals surface area contributed by atoms with Crippen LogP contribution in [0.25, 0.3) is 0 Å². The van der Waals surface area contributed by atoms with Gasteiger partial charge < -0.3 is 26.0 Å². The van der Waals surface area contributed by atoms with E-state index in [0.29, 0.717) is 0 Å². The normalized spacial score (nSPS) is 10.9. The predicted octanol–water partition coefficient (Wildman–Crippen LogP) is 1.83. The summed E-state index contributed by atoms with van der Waals surface area (Å²) < 4.78 is 5.13. The van der Waals surface area contributed by atoms with Gasteiger partial charge in [-0.15, -0.1) is 0 Å². The highest BCUT2D eigenvalue weighted by Crippen LogP contribution is 2.24. The van der Waals surface area contributed by atoms with E-state index in [1.165, 1.54) is 12.1 Å². The van der Waals surface area contributed by atoms with Crippen LogP contribution in [0.5, 0.6) is 11.5 Å². The van der Waals surface area contributed by atoms with Crippen LogP contribution in [0.15, 0.2) is 18.2 Å². The molecule has 0 spiro atoms. The molecule has 3 amide bonds. The molecule has 0 saturated heterocycles. The maximum atomic E-state index is 12.1. The first-order chi connectivity index (χ1) is 10.1. The van der Waals surface area contributed by atoms with Crippen LogP contribution in [0.4, 0.5) is 15.3 Å². The van der Waals surface area contributed by atoms with Crippen LogP contribution in [0, 0.1) is 0 Å². The Bertz CT molecular complexity index is 534. The highest BCUT2D eigenvalue weighted by Gasteiger charge is 2.26. The average Bonchev–Trinajstić information content (AvgIpc) is 2.31. The Labute approximate surface area is 128 Å². The summed E-state index contributed by atoms with van der Waals surface area (Å²) in [6.07, 6.45) is -0.833. The van der Waals surface area contributed by atoms with E-state index in [1.54, 1.807) is 20.8 Å². The first-order valence-corrected chi connectivity index (χ1v) is 6.67. The molecule has 0 radical (unpaired) electrons. The summed E-state index contributed by atoms with van der Waals surface area (Å²) in [5.74, 6) is -0.448. The summed E-state index contributed by atoms with van der Waals surface area (Å²) in [5, 5.41) is 21.1. The largest absolute Gasteiger partial charge is 0.508 e. The van der Waals surface area contributed by atoms with E-state index in [0.717, 1.165) is 11.0 Å². The molecule has 0 fully saturated rings.